The number of alkyl halides is 3. The van der Waals surface area contributed by atoms with Gasteiger partial charge in [-0.05, 0) is 6.92 Å². The van der Waals surface area contributed by atoms with E-state index >= 15 is 0 Å². The monoisotopic (exact) mass is 238 g/mol. The normalized spacial score (nSPS) is 11.2. The zero-order chi connectivity index (χ0) is 12.5. The van der Waals surface area contributed by atoms with Crippen LogP contribution >= 0.6 is 0 Å². The Labute approximate surface area is 85.8 Å². The summed E-state index contributed by atoms with van der Waals surface area (Å²) in [5.74, 6) is -3.08. The minimum atomic E-state index is -5.12. The Hall–Kier alpha value is -2.13. The van der Waals surface area contributed by atoms with E-state index in [-0.39, 0.29) is 5.69 Å². The van der Waals surface area contributed by atoms with E-state index in [1.807, 2.05) is 0 Å². The lowest BCUT2D eigenvalue weighted by Crippen LogP contribution is -2.30. The molecular weight excluding hydrogens is 233 g/mol. The molecule has 1 aromatic rings. The van der Waals surface area contributed by atoms with Gasteiger partial charge in [0.25, 0.3) is 0 Å². The van der Waals surface area contributed by atoms with E-state index < -0.39 is 28.5 Å². The van der Waals surface area contributed by atoms with Crippen molar-refractivity contribution in [2.45, 2.75) is 13.1 Å². The highest BCUT2D eigenvalue weighted by Crippen LogP contribution is 2.26. The van der Waals surface area contributed by atoms with Gasteiger partial charge in [-0.1, -0.05) is 0 Å². The molecule has 0 radical (unpaired) electrons. The zero-order valence-corrected chi connectivity index (χ0v) is 7.75. The predicted molar refractivity (Wildman–Crippen MR) is 44.7 cm³/mol. The van der Waals surface area contributed by atoms with Crippen LogP contribution in [0.1, 0.15) is 5.69 Å². The molecule has 0 atom stereocenters. The largest absolute Gasteiger partial charge is 0.471 e. The van der Waals surface area contributed by atoms with Crippen LogP contribution < -0.4 is 5.32 Å². The molecule has 88 valence electrons. The van der Waals surface area contributed by atoms with E-state index in [0.717, 1.165) is 0 Å². The number of aromatic amines is 1. The average Bonchev–Trinajstić information content (AvgIpc) is 2.45. The van der Waals surface area contributed by atoms with Crippen LogP contribution in [-0.2, 0) is 4.79 Å². The molecule has 1 rings (SSSR count). The summed E-state index contributed by atoms with van der Waals surface area (Å²) in [5.41, 5.74) is -0.750. The summed E-state index contributed by atoms with van der Waals surface area (Å²) in [6, 6.07) is 0. The third kappa shape index (κ3) is 2.27. The molecule has 1 amide bonds. The molecule has 0 aliphatic heterocycles. The van der Waals surface area contributed by atoms with E-state index in [4.69, 9.17) is 0 Å². The van der Waals surface area contributed by atoms with Gasteiger partial charge in [-0.2, -0.15) is 13.2 Å². The van der Waals surface area contributed by atoms with Gasteiger partial charge in [0.05, 0.1) is 4.92 Å². The predicted octanol–water partition coefficient (Wildman–Crippen LogP) is 1.13. The van der Waals surface area contributed by atoms with Crippen molar-refractivity contribution in [1.29, 1.82) is 0 Å². The van der Waals surface area contributed by atoms with E-state index in [1.54, 1.807) is 0 Å². The van der Waals surface area contributed by atoms with Crippen LogP contribution in [0, 0.1) is 17.0 Å². The van der Waals surface area contributed by atoms with Gasteiger partial charge in [0.1, 0.15) is 5.69 Å². The highest BCUT2D eigenvalue weighted by molar-refractivity contribution is 5.95. The number of hydrogen-bond donors (Lipinski definition) is 2. The molecule has 1 heterocycles. The molecule has 0 aromatic carbocycles. The number of anilines is 1. The molecule has 0 spiro atoms. The molecule has 0 saturated heterocycles. The first kappa shape index (κ1) is 11.9. The van der Waals surface area contributed by atoms with Crippen molar-refractivity contribution in [3.8, 4) is 0 Å². The smallest absolute Gasteiger partial charge is 0.296 e. The van der Waals surface area contributed by atoms with E-state index in [2.05, 4.69) is 10.2 Å². The Morgan fingerprint density at radius 2 is 2.12 bits per heavy atom. The van der Waals surface area contributed by atoms with Crippen LogP contribution in [0.4, 0.5) is 24.7 Å². The number of nitrogens with zero attached hydrogens (tertiary/aromatic N) is 2. The van der Waals surface area contributed by atoms with E-state index in [1.165, 1.54) is 12.2 Å². The summed E-state index contributed by atoms with van der Waals surface area (Å²) in [4.78, 5) is 20.0. The number of H-pyrrole nitrogens is 1. The van der Waals surface area contributed by atoms with Crippen LogP contribution in [0.3, 0.4) is 0 Å². The minimum absolute atomic E-state index is 0.0533. The Kier molecular flexibility index (Phi) is 2.83. The molecule has 16 heavy (non-hydrogen) atoms. The van der Waals surface area contributed by atoms with Crippen molar-refractivity contribution < 1.29 is 22.9 Å². The number of hydrogen-bond acceptors (Lipinski definition) is 4. The quantitative estimate of drug-likeness (QED) is 0.595. The maximum absolute atomic E-state index is 11.9. The summed E-state index contributed by atoms with van der Waals surface area (Å²) in [6.07, 6.45) is -5.12. The lowest BCUT2D eigenvalue weighted by Gasteiger charge is -2.04. The standard InChI is InChI=1S/C6H5F3N4O3/c1-2-3(13(15)16)4(12-11-2)10-5(14)6(7,8)9/h1H3,(H2,10,11,12,14). The summed E-state index contributed by atoms with van der Waals surface area (Å²) in [5, 5.41) is 17.0. The van der Waals surface area contributed by atoms with Crippen molar-refractivity contribution in [2.24, 2.45) is 0 Å². The number of amides is 1. The molecule has 0 aliphatic rings. The Morgan fingerprint density at radius 1 is 1.56 bits per heavy atom. The average molecular weight is 238 g/mol. The van der Waals surface area contributed by atoms with Crippen LogP contribution in [0.5, 0.6) is 0 Å². The van der Waals surface area contributed by atoms with Gasteiger partial charge >= 0.3 is 17.8 Å². The Bertz CT molecular complexity index is 439. The first-order valence-electron chi connectivity index (χ1n) is 3.81. The molecule has 7 nitrogen and oxygen atoms in total. The molecule has 0 fully saturated rings. The van der Waals surface area contributed by atoms with Gasteiger partial charge in [0, 0.05) is 0 Å². The van der Waals surface area contributed by atoms with Gasteiger partial charge in [-0.25, -0.2) is 0 Å². The van der Waals surface area contributed by atoms with Gasteiger partial charge in [-0.15, -0.1) is 5.10 Å². The lowest BCUT2D eigenvalue weighted by molar-refractivity contribution is -0.384. The zero-order valence-electron chi connectivity index (χ0n) is 7.75. The molecule has 1 aromatic heterocycles. The van der Waals surface area contributed by atoms with Gasteiger partial charge in [0.2, 0.25) is 5.82 Å². The van der Waals surface area contributed by atoms with Crippen LogP contribution in [0.2, 0.25) is 0 Å². The molecular formula is C6H5F3N4O3. The topological polar surface area (TPSA) is 101 Å². The number of aromatic nitrogens is 2. The fraction of sp³-hybridized carbons (Fsp3) is 0.333. The number of halogens is 3. The fourth-order valence-corrected chi connectivity index (χ4v) is 0.912. The second-order valence-corrected chi connectivity index (χ2v) is 2.75. The summed E-state index contributed by atoms with van der Waals surface area (Å²) in [6.45, 7) is 1.24. The fourth-order valence-electron chi connectivity index (χ4n) is 0.912. The van der Waals surface area contributed by atoms with Gasteiger partial charge < -0.3 is 0 Å². The SMILES string of the molecule is Cc1[nH]nc(NC(=O)C(F)(F)F)c1[N+](=O)[O-]. The summed E-state index contributed by atoms with van der Waals surface area (Å²) >= 11 is 0. The first-order valence-corrected chi connectivity index (χ1v) is 3.81. The Morgan fingerprint density at radius 3 is 2.56 bits per heavy atom. The molecule has 0 unspecified atom stereocenters. The summed E-state index contributed by atoms with van der Waals surface area (Å²) in [7, 11) is 0. The molecule has 10 heteroatoms. The number of nitrogens with one attached hydrogen (secondary N) is 2. The molecule has 0 bridgehead atoms. The second kappa shape index (κ2) is 3.79. The maximum Gasteiger partial charge on any atom is 0.471 e. The number of rotatable bonds is 2. The number of carbonyl (C=O) groups is 1. The third-order valence-corrected chi connectivity index (χ3v) is 1.59. The highest BCUT2D eigenvalue weighted by Gasteiger charge is 2.40. The number of nitro groups is 1. The van der Waals surface area contributed by atoms with Crippen molar-refractivity contribution in [1.82, 2.24) is 10.2 Å². The molecule has 0 saturated carbocycles. The number of carbonyl (C=O) groups excluding carboxylic acids is 1. The van der Waals surface area contributed by atoms with Crippen molar-refractivity contribution in [3.05, 3.63) is 15.8 Å². The first-order chi connectivity index (χ1) is 7.23. The van der Waals surface area contributed by atoms with Crippen LogP contribution in [0.15, 0.2) is 0 Å². The maximum atomic E-state index is 11.9. The van der Waals surface area contributed by atoms with Crippen molar-refractivity contribution in [3.63, 3.8) is 0 Å². The third-order valence-electron chi connectivity index (χ3n) is 1.59. The van der Waals surface area contributed by atoms with Crippen molar-refractivity contribution in [2.75, 3.05) is 5.32 Å². The lowest BCUT2D eigenvalue weighted by atomic mass is 10.4. The van der Waals surface area contributed by atoms with Gasteiger partial charge in [0.15, 0.2) is 0 Å². The van der Waals surface area contributed by atoms with Crippen molar-refractivity contribution >= 4 is 17.4 Å². The molecule has 0 aliphatic carbocycles. The highest BCUT2D eigenvalue weighted by atomic mass is 19.4. The number of aryl methyl sites for hydroxylation is 1. The second-order valence-electron chi connectivity index (χ2n) is 2.75. The molecule has 2 N–H and O–H groups in total. The van der Waals surface area contributed by atoms with Crippen LogP contribution in [-0.4, -0.2) is 27.2 Å². The van der Waals surface area contributed by atoms with Crippen LogP contribution in [0.25, 0.3) is 0 Å². The summed E-state index contributed by atoms with van der Waals surface area (Å²) < 4.78 is 35.6. The van der Waals surface area contributed by atoms with Gasteiger partial charge in [-0.3, -0.25) is 25.3 Å². The van der Waals surface area contributed by atoms with E-state index in [0.29, 0.717) is 0 Å². The van der Waals surface area contributed by atoms with E-state index in [9.17, 15) is 28.1 Å². The Balaban J connectivity index is 2.99. The minimum Gasteiger partial charge on any atom is -0.296 e.